The standard InChI is InChI=1S/C12H16FN/c13-12(8-14)7-9-4-5-10-2-1-3-11(10)6-9/h4-6,12H,1-3,7-8,14H2. The van der Waals surface area contributed by atoms with E-state index >= 15 is 0 Å². The molecule has 0 aromatic heterocycles. The Balaban J connectivity index is 2.12. The van der Waals surface area contributed by atoms with Crippen LogP contribution in [0.15, 0.2) is 18.2 Å². The largest absolute Gasteiger partial charge is 0.328 e. The molecule has 1 aromatic rings. The fourth-order valence-corrected chi connectivity index (χ4v) is 2.09. The van der Waals surface area contributed by atoms with Crippen LogP contribution in [-0.2, 0) is 19.3 Å². The van der Waals surface area contributed by atoms with Crippen molar-refractivity contribution in [3.8, 4) is 0 Å². The Morgan fingerprint density at radius 2 is 2.07 bits per heavy atom. The van der Waals surface area contributed by atoms with Crippen molar-refractivity contribution in [2.45, 2.75) is 31.9 Å². The molecule has 0 fully saturated rings. The normalized spacial score (nSPS) is 16.7. The second kappa shape index (κ2) is 4.09. The molecule has 0 heterocycles. The molecule has 2 rings (SSSR count). The molecule has 0 radical (unpaired) electrons. The van der Waals surface area contributed by atoms with Crippen molar-refractivity contribution in [1.29, 1.82) is 0 Å². The van der Waals surface area contributed by atoms with E-state index in [1.165, 1.54) is 24.0 Å². The average Bonchev–Trinajstić information content (AvgIpc) is 2.64. The molecule has 0 amide bonds. The third-order valence-corrected chi connectivity index (χ3v) is 2.88. The van der Waals surface area contributed by atoms with Crippen LogP contribution < -0.4 is 5.73 Å². The number of aryl methyl sites for hydroxylation is 2. The lowest BCUT2D eigenvalue weighted by atomic mass is 10.0. The Kier molecular flexibility index (Phi) is 2.82. The fourth-order valence-electron chi connectivity index (χ4n) is 2.09. The summed E-state index contributed by atoms with van der Waals surface area (Å²) < 4.78 is 13.0. The molecule has 1 nitrogen and oxygen atoms in total. The SMILES string of the molecule is NCC(F)Cc1ccc2c(c1)CCC2. The van der Waals surface area contributed by atoms with Crippen LogP contribution in [0.3, 0.4) is 0 Å². The summed E-state index contributed by atoms with van der Waals surface area (Å²) in [5.74, 6) is 0. The van der Waals surface area contributed by atoms with Crippen molar-refractivity contribution in [3.05, 3.63) is 34.9 Å². The number of alkyl halides is 1. The third kappa shape index (κ3) is 1.95. The Morgan fingerprint density at radius 3 is 2.86 bits per heavy atom. The van der Waals surface area contributed by atoms with Gasteiger partial charge in [0.15, 0.2) is 0 Å². The van der Waals surface area contributed by atoms with E-state index in [0.29, 0.717) is 6.42 Å². The van der Waals surface area contributed by atoms with Gasteiger partial charge in [0.1, 0.15) is 6.17 Å². The lowest BCUT2D eigenvalue weighted by Gasteiger charge is -2.07. The summed E-state index contributed by atoms with van der Waals surface area (Å²) in [6.45, 7) is 0.122. The smallest absolute Gasteiger partial charge is 0.116 e. The van der Waals surface area contributed by atoms with Gasteiger partial charge in [0.2, 0.25) is 0 Å². The summed E-state index contributed by atoms with van der Waals surface area (Å²) in [6, 6.07) is 6.32. The highest BCUT2D eigenvalue weighted by Crippen LogP contribution is 2.23. The molecular weight excluding hydrogens is 177 g/mol. The van der Waals surface area contributed by atoms with Crippen molar-refractivity contribution >= 4 is 0 Å². The van der Waals surface area contributed by atoms with E-state index in [-0.39, 0.29) is 6.54 Å². The number of hydrogen-bond acceptors (Lipinski definition) is 1. The van der Waals surface area contributed by atoms with Crippen molar-refractivity contribution < 1.29 is 4.39 Å². The lowest BCUT2D eigenvalue weighted by molar-refractivity contribution is 0.340. The molecule has 1 aromatic carbocycles. The molecule has 1 aliphatic carbocycles. The highest BCUT2D eigenvalue weighted by molar-refractivity contribution is 5.35. The first kappa shape index (κ1) is 9.66. The summed E-state index contributed by atoms with van der Waals surface area (Å²) in [5, 5.41) is 0. The summed E-state index contributed by atoms with van der Waals surface area (Å²) in [4.78, 5) is 0. The minimum absolute atomic E-state index is 0.122. The molecular formula is C12H16FN. The van der Waals surface area contributed by atoms with Gasteiger partial charge in [0.05, 0.1) is 0 Å². The van der Waals surface area contributed by atoms with Crippen molar-refractivity contribution in [2.24, 2.45) is 5.73 Å². The molecule has 76 valence electrons. The van der Waals surface area contributed by atoms with E-state index in [2.05, 4.69) is 12.1 Å². The van der Waals surface area contributed by atoms with Crippen LogP contribution in [0.25, 0.3) is 0 Å². The number of hydrogen-bond donors (Lipinski definition) is 1. The van der Waals surface area contributed by atoms with Crippen molar-refractivity contribution in [2.75, 3.05) is 6.54 Å². The average molecular weight is 193 g/mol. The van der Waals surface area contributed by atoms with Gasteiger partial charge in [-0.3, -0.25) is 0 Å². The van der Waals surface area contributed by atoms with Gasteiger partial charge < -0.3 is 5.73 Å². The van der Waals surface area contributed by atoms with Crippen LogP contribution in [0, 0.1) is 0 Å². The van der Waals surface area contributed by atoms with Crippen LogP contribution in [0.4, 0.5) is 4.39 Å². The predicted octanol–water partition coefficient (Wildman–Crippen LogP) is 2.01. The van der Waals surface area contributed by atoms with E-state index < -0.39 is 6.17 Å². The van der Waals surface area contributed by atoms with Crippen molar-refractivity contribution in [3.63, 3.8) is 0 Å². The van der Waals surface area contributed by atoms with E-state index in [9.17, 15) is 4.39 Å². The van der Waals surface area contributed by atoms with E-state index in [4.69, 9.17) is 5.73 Å². The van der Waals surface area contributed by atoms with Gasteiger partial charge in [-0.05, 0) is 36.0 Å². The summed E-state index contributed by atoms with van der Waals surface area (Å²) in [6.07, 6.45) is 3.15. The predicted molar refractivity (Wildman–Crippen MR) is 56.1 cm³/mol. The molecule has 0 bridgehead atoms. The van der Waals surface area contributed by atoms with Crippen LogP contribution in [0.5, 0.6) is 0 Å². The quantitative estimate of drug-likeness (QED) is 0.780. The zero-order valence-corrected chi connectivity index (χ0v) is 8.30. The molecule has 1 aliphatic rings. The van der Waals surface area contributed by atoms with E-state index in [1.807, 2.05) is 6.07 Å². The summed E-state index contributed by atoms with van der Waals surface area (Å²) in [5.41, 5.74) is 9.19. The second-order valence-electron chi connectivity index (χ2n) is 3.99. The zero-order chi connectivity index (χ0) is 9.97. The van der Waals surface area contributed by atoms with E-state index in [0.717, 1.165) is 12.0 Å². The van der Waals surface area contributed by atoms with Gasteiger partial charge in [-0.25, -0.2) is 4.39 Å². The van der Waals surface area contributed by atoms with Gasteiger partial charge in [-0.1, -0.05) is 18.2 Å². The zero-order valence-electron chi connectivity index (χ0n) is 8.30. The van der Waals surface area contributed by atoms with Gasteiger partial charge in [-0.15, -0.1) is 0 Å². The molecule has 0 aliphatic heterocycles. The van der Waals surface area contributed by atoms with Crippen molar-refractivity contribution in [1.82, 2.24) is 0 Å². The Morgan fingerprint density at radius 1 is 1.29 bits per heavy atom. The molecule has 2 heteroatoms. The molecule has 0 spiro atoms. The van der Waals surface area contributed by atoms with Gasteiger partial charge in [-0.2, -0.15) is 0 Å². The molecule has 1 unspecified atom stereocenters. The minimum atomic E-state index is -0.894. The second-order valence-corrected chi connectivity index (χ2v) is 3.99. The minimum Gasteiger partial charge on any atom is -0.328 e. The first-order valence-electron chi connectivity index (χ1n) is 5.24. The summed E-state index contributed by atoms with van der Waals surface area (Å²) >= 11 is 0. The Hall–Kier alpha value is -0.890. The number of halogens is 1. The molecule has 2 N–H and O–H groups in total. The fraction of sp³-hybridized carbons (Fsp3) is 0.500. The van der Waals surface area contributed by atoms with Gasteiger partial charge in [0.25, 0.3) is 0 Å². The maximum Gasteiger partial charge on any atom is 0.116 e. The van der Waals surface area contributed by atoms with Crippen LogP contribution in [0.1, 0.15) is 23.1 Å². The van der Waals surface area contributed by atoms with Crippen LogP contribution in [0.2, 0.25) is 0 Å². The first-order valence-corrected chi connectivity index (χ1v) is 5.24. The van der Waals surface area contributed by atoms with Crippen LogP contribution >= 0.6 is 0 Å². The highest BCUT2D eigenvalue weighted by Gasteiger charge is 2.12. The lowest BCUT2D eigenvalue weighted by Crippen LogP contribution is -2.17. The third-order valence-electron chi connectivity index (χ3n) is 2.88. The maximum atomic E-state index is 13.0. The van der Waals surface area contributed by atoms with Gasteiger partial charge >= 0.3 is 0 Å². The van der Waals surface area contributed by atoms with Gasteiger partial charge in [0, 0.05) is 13.0 Å². The summed E-state index contributed by atoms with van der Waals surface area (Å²) in [7, 11) is 0. The number of nitrogens with two attached hydrogens (primary N) is 1. The molecule has 1 atom stereocenters. The Labute approximate surface area is 84.1 Å². The van der Waals surface area contributed by atoms with Crippen LogP contribution in [-0.4, -0.2) is 12.7 Å². The molecule has 0 saturated carbocycles. The molecule has 14 heavy (non-hydrogen) atoms. The number of fused-ring (bicyclic) bond motifs is 1. The molecule has 0 saturated heterocycles. The Bertz CT molecular complexity index is 322. The number of rotatable bonds is 3. The van der Waals surface area contributed by atoms with E-state index in [1.54, 1.807) is 0 Å². The monoisotopic (exact) mass is 193 g/mol. The number of benzene rings is 1. The topological polar surface area (TPSA) is 26.0 Å². The maximum absolute atomic E-state index is 13.0. The highest BCUT2D eigenvalue weighted by atomic mass is 19.1. The first-order chi connectivity index (χ1) is 6.79.